The van der Waals surface area contributed by atoms with E-state index in [0.29, 0.717) is 16.6 Å². The van der Waals surface area contributed by atoms with Gasteiger partial charge in [-0.15, -0.1) is 0 Å². The number of methoxy groups -OCH3 is 1. The van der Waals surface area contributed by atoms with Crippen LogP contribution in [-0.4, -0.2) is 28.0 Å². The van der Waals surface area contributed by atoms with Crippen molar-refractivity contribution >= 4 is 16.9 Å². The third kappa shape index (κ3) is 1.41. The predicted octanol–water partition coefficient (Wildman–Crippen LogP) is 1.07. The molecule has 1 N–H and O–H groups in total. The van der Waals surface area contributed by atoms with Crippen LogP contribution in [-0.2, 0) is 11.8 Å². The Morgan fingerprint density at radius 3 is 2.93 bits per heavy atom. The molecule has 0 amide bonds. The van der Waals surface area contributed by atoms with Gasteiger partial charge in [0.05, 0.1) is 12.6 Å². The van der Waals surface area contributed by atoms with Gasteiger partial charge in [0.25, 0.3) is 0 Å². The smallest absolute Gasteiger partial charge is 0.356 e. The standard InChI is InChI=1S/C10H10N2O3/c1-12-9(10(14)15-2)7-5-6(13)3-4-8(7)11-12/h3-5,13H,1-2H3. The number of esters is 1. The molecule has 15 heavy (non-hydrogen) atoms. The van der Waals surface area contributed by atoms with E-state index >= 15 is 0 Å². The van der Waals surface area contributed by atoms with Crippen molar-refractivity contribution in [3.05, 3.63) is 23.9 Å². The number of benzene rings is 1. The van der Waals surface area contributed by atoms with Crippen molar-refractivity contribution in [1.82, 2.24) is 9.78 Å². The second-order valence-corrected chi connectivity index (χ2v) is 3.17. The first-order valence-electron chi connectivity index (χ1n) is 4.37. The first kappa shape index (κ1) is 9.51. The largest absolute Gasteiger partial charge is 0.508 e. The highest BCUT2D eigenvalue weighted by molar-refractivity contribution is 6.02. The molecular formula is C10H10N2O3. The summed E-state index contributed by atoms with van der Waals surface area (Å²) in [5.41, 5.74) is 0.985. The summed E-state index contributed by atoms with van der Waals surface area (Å²) in [4.78, 5) is 11.5. The average Bonchev–Trinajstić information content (AvgIpc) is 2.52. The van der Waals surface area contributed by atoms with Crippen molar-refractivity contribution in [1.29, 1.82) is 0 Å². The van der Waals surface area contributed by atoms with Gasteiger partial charge in [-0.05, 0) is 18.2 Å². The van der Waals surface area contributed by atoms with E-state index in [0.717, 1.165) is 0 Å². The van der Waals surface area contributed by atoms with Gasteiger partial charge in [0.15, 0.2) is 5.69 Å². The third-order valence-corrected chi connectivity index (χ3v) is 2.20. The second-order valence-electron chi connectivity index (χ2n) is 3.17. The predicted molar refractivity (Wildman–Crippen MR) is 53.7 cm³/mol. The molecule has 0 saturated carbocycles. The minimum atomic E-state index is -0.467. The molecule has 0 aliphatic carbocycles. The van der Waals surface area contributed by atoms with Gasteiger partial charge in [0, 0.05) is 12.4 Å². The van der Waals surface area contributed by atoms with Crippen molar-refractivity contribution < 1.29 is 14.6 Å². The van der Waals surface area contributed by atoms with Gasteiger partial charge in [0.2, 0.25) is 0 Å². The Kier molecular flexibility index (Phi) is 2.07. The number of aromatic nitrogens is 2. The van der Waals surface area contributed by atoms with E-state index in [-0.39, 0.29) is 5.75 Å². The van der Waals surface area contributed by atoms with E-state index in [1.54, 1.807) is 13.1 Å². The number of rotatable bonds is 1. The number of ether oxygens (including phenoxy) is 1. The third-order valence-electron chi connectivity index (χ3n) is 2.20. The minimum Gasteiger partial charge on any atom is -0.508 e. The van der Waals surface area contributed by atoms with Crippen LogP contribution in [0.25, 0.3) is 10.9 Å². The summed E-state index contributed by atoms with van der Waals surface area (Å²) in [6.45, 7) is 0. The summed E-state index contributed by atoms with van der Waals surface area (Å²) in [6, 6.07) is 4.67. The van der Waals surface area contributed by atoms with Crippen molar-refractivity contribution in [2.75, 3.05) is 7.11 Å². The van der Waals surface area contributed by atoms with Crippen LogP contribution in [0.2, 0.25) is 0 Å². The minimum absolute atomic E-state index is 0.0978. The van der Waals surface area contributed by atoms with Crippen molar-refractivity contribution in [3.63, 3.8) is 0 Å². The second kappa shape index (κ2) is 3.27. The lowest BCUT2D eigenvalue weighted by molar-refractivity contribution is 0.0590. The van der Waals surface area contributed by atoms with E-state index < -0.39 is 5.97 Å². The summed E-state index contributed by atoms with van der Waals surface area (Å²) >= 11 is 0. The van der Waals surface area contributed by atoms with E-state index in [1.807, 2.05) is 0 Å². The topological polar surface area (TPSA) is 64.3 Å². The highest BCUT2D eigenvalue weighted by atomic mass is 16.5. The Balaban J connectivity index is 2.76. The fourth-order valence-corrected chi connectivity index (χ4v) is 1.53. The Bertz CT molecular complexity index is 531. The van der Waals surface area contributed by atoms with Gasteiger partial charge in [-0.25, -0.2) is 4.79 Å². The van der Waals surface area contributed by atoms with Gasteiger partial charge in [-0.1, -0.05) is 0 Å². The highest BCUT2D eigenvalue weighted by Crippen LogP contribution is 2.22. The molecule has 2 aromatic rings. The Morgan fingerprint density at radius 1 is 1.53 bits per heavy atom. The van der Waals surface area contributed by atoms with Gasteiger partial charge in [-0.3, -0.25) is 4.68 Å². The van der Waals surface area contributed by atoms with Crippen LogP contribution in [0.5, 0.6) is 5.75 Å². The van der Waals surface area contributed by atoms with Crippen LogP contribution in [0.1, 0.15) is 10.5 Å². The van der Waals surface area contributed by atoms with E-state index in [2.05, 4.69) is 9.84 Å². The zero-order chi connectivity index (χ0) is 11.0. The number of hydrogen-bond donors (Lipinski definition) is 1. The number of aromatic hydroxyl groups is 1. The number of fused-ring (bicyclic) bond motifs is 1. The maximum absolute atomic E-state index is 11.5. The quantitative estimate of drug-likeness (QED) is 0.709. The molecule has 5 nitrogen and oxygen atoms in total. The lowest BCUT2D eigenvalue weighted by Crippen LogP contribution is -2.08. The van der Waals surface area contributed by atoms with Gasteiger partial charge in [-0.2, -0.15) is 5.10 Å². The van der Waals surface area contributed by atoms with E-state index in [1.165, 1.54) is 23.9 Å². The monoisotopic (exact) mass is 206 g/mol. The molecule has 0 saturated heterocycles. The molecule has 0 aliphatic rings. The maximum Gasteiger partial charge on any atom is 0.356 e. The number of hydrogen-bond acceptors (Lipinski definition) is 4. The normalized spacial score (nSPS) is 10.5. The summed E-state index contributed by atoms with van der Waals surface area (Å²) in [6.07, 6.45) is 0. The van der Waals surface area contributed by atoms with E-state index in [4.69, 9.17) is 0 Å². The van der Waals surface area contributed by atoms with Crippen LogP contribution < -0.4 is 0 Å². The molecule has 1 heterocycles. The maximum atomic E-state index is 11.5. The first-order valence-corrected chi connectivity index (χ1v) is 4.37. The Morgan fingerprint density at radius 2 is 2.27 bits per heavy atom. The van der Waals surface area contributed by atoms with Crippen LogP contribution in [0.3, 0.4) is 0 Å². The zero-order valence-electron chi connectivity index (χ0n) is 8.39. The van der Waals surface area contributed by atoms with E-state index in [9.17, 15) is 9.90 Å². The number of carbonyl (C=O) groups is 1. The highest BCUT2D eigenvalue weighted by Gasteiger charge is 2.17. The number of nitrogens with zero attached hydrogens (tertiary/aromatic N) is 2. The van der Waals surface area contributed by atoms with Crippen molar-refractivity contribution in [2.45, 2.75) is 0 Å². The molecule has 1 aromatic carbocycles. The molecule has 0 aliphatic heterocycles. The average molecular weight is 206 g/mol. The molecule has 0 atom stereocenters. The molecule has 0 fully saturated rings. The molecule has 5 heteroatoms. The fourth-order valence-electron chi connectivity index (χ4n) is 1.53. The first-order chi connectivity index (χ1) is 7.13. The molecule has 0 bridgehead atoms. The molecule has 1 aromatic heterocycles. The number of carbonyl (C=O) groups excluding carboxylic acids is 1. The summed E-state index contributed by atoms with van der Waals surface area (Å²) in [7, 11) is 2.97. The Labute approximate surface area is 85.9 Å². The van der Waals surface area contributed by atoms with Gasteiger partial charge < -0.3 is 9.84 Å². The summed E-state index contributed by atoms with van der Waals surface area (Å²) in [5, 5.41) is 14.0. The lowest BCUT2D eigenvalue weighted by atomic mass is 10.2. The van der Waals surface area contributed by atoms with Crippen molar-refractivity contribution in [3.8, 4) is 5.75 Å². The van der Waals surface area contributed by atoms with Gasteiger partial charge >= 0.3 is 5.97 Å². The molecule has 0 spiro atoms. The van der Waals surface area contributed by atoms with Gasteiger partial charge in [0.1, 0.15) is 5.75 Å². The van der Waals surface area contributed by atoms with Crippen LogP contribution >= 0.6 is 0 Å². The summed E-state index contributed by atoms with van der Waals surface area (Å²) < 4.78 is 6.08. The van der Waals surface area contributed by atoms with Crippen LogP contribution in [0.15, 0.2) is 18.2 Å². The fraction of sp³-hybridized carbons (Fsp3) is 0.200. The molecule has 0 unspecified atom stereocenters. The number of phenolic OH excluding ortho intramolecular Hbond substituents is 1. The Hall–Kier alpha value is -2.04. The summed E-state index contributed by atoms with van der Waals surface area (Å²) in [5.74, 6) is -0.369. The van der Waals surface area contributed by atoms with Crippen molar-refractivity contribution in [2.24, 2.45) is 7.05 Å². The molecule has 0 radical (unpaired) electrons. The molecular weight excluding hydrogens is 196 g/mol. The number of phenols is 1. The van der Waals surface area contributed by atoms with Crippen LogP contribution in [0, 0.1) is 0 Å². The number of aryl methyl sites for hydroxylation is 1. The zero-order valence-corrected chi connectivity index (χ0v) is 8.39. The van der Waals surface area contributed by atoms with Crippen LogP contribution in [0.4, 0.5) is 0 Å². The lowest BCUT2D eigenvalue weighted by Gasteiger charge is -1.99. The molecule has 2 rings (SSSR count). The SMILES string of the molecule is COC(=O)c1c2cc(O)ccc2nn1C. The molecule has 78 valence electrons.